The summed E-state index contributed by atoms with van der Waals surface area (Å²) in [5, 5.41) is 1.69. The van der Waals surface area contributed by atoms with E-state index in [1.165, 1.54) is 0 Å². The molecular formula is C22H19ClO4. The topological polar surface area (TPSA) is 52.6 Å². The Morgan fingerprint density at radius 1 is 1.15 bits per heavy atom. The van der Waals surface area contributed by atoms with E-state index in [0.717, 1.165) is 36.5 Å². The zero-order valence-corrected chi connectivity index (χ0v) is 15.8. The minimum Gasteiger partial charge on any atom is -0.422 e. The maximum Gasteiger partial charge on any atom is 0.338 e. The third-order valence-electron chi connectivity index (χ3n) is 5.43. The minimum absolute atomic E-state index is 0.264. The molecule has 2 unspecified atom stereocenters. The molecule has 2 aliphatic carbocycles. The highest BCUT2D eigenvalue weighted by molar-refractivity contribution is 6.36. The van der Waals surface area contributed by atoms with E-state index in [2.05, 4.69) is 13.2 Å². The summed E-state index contributed by atoms with van der Waals surface area (Å²) in [5.74, 6) is 0.520. The zero-order chi connectivity index (χ0) is 19.3. The number of carbonyl (C=O) groups is 2. The van der Waals surface area contributed by atoms with Gasteiger partial charge in [0.15, 0.2) is 0 Å². The van der Waals surface area contributed by atoms with Gasteiger partial charge in [-0.2, -0.15) is 0 Å². The Morgan fingerprint density at radius 3 is 2.44 bits per heavy atom. The second-order valence-electron chi connectivity index (χ2n) is 7.15. The highest BCUT2D eigenvalue weighted by Crippen LogP contribution is 2.61. The molecule has 138 valence electrons. The van der Waals surface area contributed by atoms with E-state index in [9.17, 15) is 9.59 Å². The van der Waals surface area contributed by atoms with Gasteiger partial charge in [-0.15, -0.1) is 0 Å². The van der Waals surface area contributed by atoms with E-state index in [0.29, 0.717) is 32.9 Å². The summed E-state index contributed by atoms with van der Waals surface area (Å²) in [6.07, 6.45) is 4.14. The molecule has 1 saturated carbocycles. The number of fused-ring (bicyclic) bond motifs is 6. The van der Waals surface area contributed by atoms with Gasteiger partial charge >= 0.3 is 11.9 Å². The van der Waals surface area contributed by atoms with Crippen LogP contribution < -0.4 is 9.47 Å². The summed E-state index contributed by atoms with van der Waals surface area (Å²) >= 11 is 6.50. The summed E-state index contributed by atoms with van der Waals surface area (Å²) < 4.78 is 11.4. The lowest BCUT2D eigenvalue weighted by Crippen LogP contribution is -2.14. The third kappa shape index (κ3) is 2.76. The first kappa shape index (κ1) is 17.8. The number of hydrogen-bond donors (Lipinski definition) is 0. The Bertz CT molecular complexity index is 1020. The number of benzene rings is 2. The van der Waals surface area contributed by atoms with Crippen LogP contribution in [0.4, 0.5) is 0 Å². The van der Waals surface area contributed by atoms with Crippen molar-refractivity contribution >= 4 is 34.3 Å². The number of hydrogen-bond acceptors (Lipinski definition) is 4. The van der Waals surface area contributed by atoms with Crippen LogP contribution in [0, 0.1) is 0 Å². The standard InChI is InChI=1S/C22H19ClO4/c1-4-16(24)26-20-14-6-5-7-15(23)19(14)21(27-22(25)11(2)3)18-13-9-8-12(10-13)17(18)20/h4-7,12-13H,1-2,8-10H2,3H3. The van der Waals surface area contributed by atoms with Gasteiger partial charge in [-0.05, 0) is 44.1 Å². The van der Waals surface area contributed by atoms with E-state index in [4.69, 9.17) is 21.1 Å². The Morgan fingerprint density at radius 2 is 1.81 bits per heavy atom. The van der Waals surface area contributed by atoms with Gasteiger partial charge in [-0.25, -0.2) is 9.59 Å². The SMILES string of the molecule is C=CC(=O)Oc1c2c(c(OC(=O)C(=C)C)c3c(Cl)cccc13)C1CCC2C1. The lowest BCUT2D eigenvalue weighted by Gasteiger charge is -2.24. The normalized spacial score (nSPS) is 19.6. The molecular weight excluding hydrogens is 364 g/mol. The van der Waals surface area contributed by atoms with Gasteiger partial charge in [0.25, 0.3) is 0 Å². The maximum atomic E-state index is 12.3. The first-order valence-electron chi connectivity index (χ1n) is 8.92. The summed E-state index contributed by atoms with van der Waals surface area (Å²) in [5.41, 5.74) is 2.21. The van der Waals surface area contributed by atoms with Gasteiger partial charge in [-0.3, -0.25) is 0 Å². The van der Waals surface area contributed by atoms with Crippen LogP contribution in [-0.4, -0.2) is 11.9 Å². The predicted molar refractivity (Wildman–Crippen MR) is 105 cm³/mol. The molecule has 4 rings (SSSR count). The van der Waals surface area contributed by atoms with Gasteiger partial charge in [0.05, 0.1) is 5.02 Å². The molecule has 2 bridgehead atoms. The van der Waals surface area contributed by atoms with E-state index >= 15 is 0 Å². The molecule has 0 aromatic heterocycles. The van der Waals surface area contributed by atoms with Crippen LogP contribution in [0.5, 0.6) is 11.5 Å². The van der Waals surface area contributed by atoms with Crippen LogP contribution in [0.2, 0.25) is 5.02 Å². The molecule has 0 heterocycles. The average molecular weight is 383 g/mol. The Hall–Kier alpha value is -2.59. The highest BCUT2D eigenvalue weighted by atomic mass is 35.5. The number of rotatable bonds is 4. The van der Waals surface area contributed by atoms with Crippen LogP contribution in [0.15, 0.2) is 43.0 Å². The predicted octanol–water partition coefficient (Wildman–Crippen LogP) is 5.43. The van der Waals surface area contributed by atoms with Gasteiger partial charge in [-0.1, -0.05) is 36.9 Å². The molecule has 0 saturated heterocycles. The summed E-state index contributed by atoms with van der Waals surface area (Å²) in [6.45, 7) is 8.78. The third-order valence-corrected chi connectivity index (χ3v) is 5.74. The van der Waals surface area contributed by atoms with Crippen LogP contribution in [0.25, 0.3) is 10.8 Å². The highest BCUT2D eigenvalue weighted by Gasteiger charge is 2.43. The smallest absolute Gasteiger partial charge is 0.338 e. The van der Waals surface area contributed by atoms with Crippen molar-refractivity contribution in [2.75, 3.05) is 0 Å². The van der Waals surface area contributed by atoms with Crippen molar-refractivity contribution in [3.8, 4) is 11.5 Å². The van der Waals surface area contributed by atoms with E-state index < -0.39 is 11.9 Å². The van der Waals surface area contributed by atoms with Gasteiger partial charge in [0, 0.05) is 33.5 Å². The van der Waals surface area contributed by atoms with Crippen molar-refractivity contribution in [3.05, 3.63) is 59.2 Å². The van der Waals surface area contributed by atoms with Crippen molar-refractivity contribution < 1.29 is 19.1 Å². The Labute approximate surface area is 162 Å². The van der Waals surface area contributed by atoms with Crippen molar-refractivity contribution in [2.24, 2.45) is 0 Å². The molecule has 2 aromatic carbocycles. The average Bonchev–Trinajstić information content (AvgIpc) is 3.25. The first-order chi connectivity index (χ1) is 12.9. The van der Waals surface area contributed by atoms with Crippen LogP contribution in [0.1, 0.15) is 49.1 Å². The molecule has 0 spiro atoms. The van der Waals surface area contributed by atoms with Crippen molar-refractivity contribution in [3.63, 3.8) is 0 Å². The van der Waals surface area contributed by atoms with Crippen LogP contribution >= 0.6 is 11.6 Å². The molecule has 1 fully saturated rings. The molecule has 0 radical (unpaired) electrons. The van der Waals surface area contributed by atoms with Crippen LogP contribution in [0.3, 0.4) is 0 Å². The van der Waals surface area contributed by atoms with E-state index in [1.807, 2.05) is 6.07 Å². The van der Waals surface area contributed by atoms with Crippen LogP contribution in [-0.2, 0) is 9.59 Å². The Balaban J connectivity index is 2.06. The summed E-state index contributed by atoms with van der Waals surface area (Å²) in [7, 11) is 0. The minimum atomic E-state index is -0.520. The van der Waals surface area contributed by atoms with Crippen molar-refractivity contribution in [2.45, 2.75) is 38.0 Å². The molecule has 27 heavy (non-hydrogen) atoms. The maximum absolute atomic E-state index is 12.3. The quantitative estimate of drug-likeness (QED) is 0.402. The molecule has 2 aromatic rings. The molecule has 2 aliphatic rings. The number of halogens is 1. The number of esters is 2. The lowest BCUT2D eigenvalue weighted by molar-refractivity contribution is -0.130. The second-order valence-corrected chi connectivity index (χ2v) is 7.56. The van der Waals surface area contributed by atoms with E-state index in [-0.39, 0.29) is 11.8 Å². The van der Waals surface area contributed by atoms with Gasteiger partial charge in [0.1, 0.15) is 11.5 Å². The van der Waals surface area contributed by atoms with E-state index in [1.54, 1.807) is 19.1 Å². The largest absolute Gasteiger partial charge is 0.422 e. The molecule has 0 amide bonds. The van der Waals surface area contributed by atoms with Gasteiger partial charge in [0.2, 0.25) is 0 Å². The molecule has 2 atom stereocenters. The monoisotopic (exact) mass is 382 g/mol. The molecule has 0 N–H and O–H groups in total. The molecule has 0 aliphatic heterocycles. The fourth-order valence-corrected chi connectivity index (χ4v) is 4.58. The number of carbonyl (C=O) groups excluding carboxylic acids is 2. The first-order valence-corrected chi connectivity index (χ1v) is 9.30. The Kier molecular flexibility index (Phi) is 4.31. The zero-order valence-electron chi connectivity index (χ0n) is 15.0. The summed E-state index contributed by atoms with van der Waals surface area (Å²) in [4.78, 5) is 24.3. The fourth-order valence-electron chi connectivity index (χ4n) is 4.32. The molecule has 5 heteroatoms. The van der Waals surface area contributed by atoms with Crippen molar-refractivity contribution in [1.29, 1.82) is 0 Å². The molecule has 4 nitrogen and oxygen atoms in total. The summed E-state index contributed by atoms with van der Waals surface area (Å²) in [6, 6.07) is 5.36. The van der Waals surface area contributed by atoms with Gasteiger partial charge < -0.3 is 9.47 Å². The lowest BCUT2D eigenvalue weighted by atomic mass is 9.87. The van der Waals surface area contributed by atoms with Crippen molar-refractivity contribution in [1.82, 2.24) is 0 Å². The number of ether oxygens (including phenoxy) is 2. The fraction of sp³-hybridized carbons (Fsp3) is 0.273. The second kappa shape index (κ2) is 6.54.